The Morgan fingerprint density at radius 3 is 2.26 bits per heavy atom. The average molecular weight is 817 g/mol. The summed E-state index contributed by atoms with van der Waals surface area (Å²) in [5, 5.41) is 19.7. The molecule has 0 saturated carbocycles. The van der Waals surface area contributed by atoms with Crippen LogP contribution in [0.4, 0.5) is 0 Å². The molecule has 0 saturated heterocycles. The normalized spacial score (nSPS) is 13.0. The molecule has 7 rings (SSSR count). The van der Waals surface area contributed by atoms with Crippen molar-refractivity contribution in [3.05, 3.63) is 102 Å². The zero-order valence-corrected chi connectivity index (χ0v) is 31.6. The van der Waals surface area contributed by atoms with Crippen LogP contribution in [-0.2, 0) is 31.3 Å². The van der Waals surface area contributed by atoms with Gasteiger partial charge < -0.3 is 5.11 Å². The number of hydrogen-bond donors (Lipinski definition) is 1. The number of aliphatic hydroxyl groups is 1. The van der Waals surface area contributed by atoms with Crippen LogP contribution in [0.15, 0.2) is 101 Å². The molecule has 3 nitrogen and oxygen atoms in total. The van der Waals surface area contributed by atoms with Gasteiger partial charge in [0.1, 0.15) is 5.76 Å². The summed E-state index contributed by atoms with van der Waals surface area (Å²) < 4.78 is 0. The molecule has 0 bridgehead atoms. The quantitative estimate of drug-likeness (QED) is 0.0835. The fourth-order valence-electron chi connectivity index (χ4n) is 5.87. The van der Waals surface area contributed by atoms with Gasteiger partial charge in [-0.3, -0.25) is 9.78 Å². The third kappa shape index (κ3) is 7.04. The summed E-state index contributed by atoms with van der Waals surface area (Å²) in [7, 11) is 0. The number of carbonyl (C=O) groups is 1. The van der Waals surface area contributed by atoms with E-state index in [4.69, 9.17) is 4.98 Å². The SMILES string of the molecule is CC(C)(C)C(=O)/C=C(\O)C(C)(C)C.CC(C)Cc1ccc2ccc3c4ccnc5c4c(cc3c2c1)Sc1cc2ccccc2[c-]c1-5.[Ir]. The first-order chi connectivity index (χ1) is 21.7. The van der Waals surface area contributed by atoms with Crippen molar-refractivity contribution in [3.63, 3.8) is 0 Å². The Bertz CT molecular complexity index is 2180. The van der Waals surface area contributed by atoms with Gasteiger partial charge in [-0.25, -0.2) is 0 Å². The minimum absolute atomic E-state index is 0. The fourth-order valence-corrected chi connectivity index (χ4v) is 7.02. The Morgan fingerprint density at radius 1 is 0.830 bits per heavy atom. The molecule has 0 unspecified atom stereocenters. The van der Waals surface area contributed by atoms with E-state index in [0.717, 1.165) is 23.1 Å². The van der Waals surface area contributed by atoms with E-state index in [1.54, 1.807) is 0 Å². The third-order valence-corrected chi connectivity index (χ3v) is 9.60. The maximum absolute atomic E-state index is 11.5. The summed E-state index contributed by atoms with van der Waals surface area (Å²) in [6, 6.07) is 30.5. The van der Waals surface area contributed by atoms with Gasteiger partial charge in [0, 0.05) is 53.8 Å². The van der Waals surface area contributed by atoms with Crippen molar-refractivity contribution in [1.29, 1.82) is 0 Å². The summed E-state index contributed by atoms with van der Waals surface area (Å²) in [6.07, 6.45) is 4.40. The second-order valence-electron chi connectivity index (χ2n) is 14.9. The summed E-state index contributed by atoms with van der Waals surface area (Å²) in [5.74, 6) is 0.749. The fraction of sp³-hybridized carbons (Fsp3) is 0.286. The van der Waals surface area contributed by atoms with Crippen LogP contribution in [0.1, 0.15) is 61.0 Å². The van der Waals surface area contributed by atoms with E-state index >= 15 is 0 Å². The molecule has 0 atom stereocenters. The Kier molecular flexibility index (Phi) is 9.77. The second kappa shape index (κ2) is 13.2. The van der Waals surface area contributed by atoms with Crippen molar-refractivity contribution < 1.29 is 30.0 Å². The van der Waals surface area contributed by atoms with Gasteiger partial charge in [0.15, 0.2) is 5.78 Å². The molecule has 1 aliphatic rings. The molecule has 243 valence electrons. The van der Waals surface area contributed by atoms with Crippen molar-refractivity contribution >= 4 is 60.6 Å². The summed E-state index contributed by atoms with van der Waals surface area (Å²) in [5.41, 5.74) is 2.82. The number of allylic oxidation sites excluding steroid dienone is 2. The van der Waals surface area contributed by atoms with Gasteiger partial charge in [0.2, 0.25) is 0 Å². The smallest absolute Gasteiger partial charge is 0.164 e. The van der Waals surface area contributed by atoms with E-state index in [9.17, 15) is 9.90 Å². The van der Waals surface area contributed by atoms with Gasteiger partial charge in [0.05, 0.1) is 0 Å². The van der Waals surface area contributed by atoms with Crippen LogP contribution in [0.3, 0.4) is 0 Å². The number of aliphatic hydroxyl groups excluding tert-OH is 1. The van der Waals surface area contributed by atoms with Crippen LogP contribution in [0.2, 0.25) is 0 Å². The molecule has 2 heterocycles. The molecule has 47 heavy (non-hydrogen) atoms. The molecule has 1 radical (unpaired) electrons. The molecular formula is C42H42IrNO2S-. The standard InChI is InChI=1S/C31H22NS.C11H20O2.Ir/c1-18(2)13-19-7-8-20-9-10-23-24-11-12-32-31-27-15-21-5-3-4-6-22(21)16-28(27)33-29(30(24)31)17-26(23)25(20)14-19;1-10(2,3)8(12)7-9(13)11(4,5)6;/h3-12,14,16-18H,13H2,1-2H3;7,12H,1-6H3;/q-1;;/b;8-7-;. The zero-order chi connectivity index (χ0) is 33.0. The number of rotatable bonds is 3. The Labute approximate surface area is 296 Å². The first-order valence-electron chi connectivity index (χ1n) is 16.1. The predicted molar refractivity (Wildman–Crippen MR) is 196 cm³/mol. The summed E-state index contributed by atoms with van der Waals surface area (Å²) >= 11 is 1.86. The second-order valence-corrected chi connectivity index (χ2v) is 15.9. The molecule has 0 spiro atoms. The minimum atomic E-state index is -0.417. The van der Waals surface area contributed by atoms with Gasteiger partial charge in [0.25, 0.3) is 0 Å². The number of fused-ring (bicyclic) bond motifs is 7. The first kappa shape index (κ1) is 34.8. The summed E-state index contributed by atoms with van der Waals surface area (Å²) in [6.45, 7) is 15.7. The van der Waals surface area contributed by atoms with Gasteiger partial charge in [-0.15, -0.1) is 35.3 Å². The number of ketones is 1. The maximum atomic E-state index is 11.5. The number of nitrogens with zero attached hydrogens (tertiary/aromatic N) is 1. The van der Waals surface area contributed by atoms with E-state index in [2.05, 4.69) is 92.7 Å². The van der Waals surface area contributed by atoms with Crippen LogP contribution in [0.5, 0.6) is 0 Å². The Morgan fingerprint density at radius 2 is 1.55 bits per heavy atom. The third-order valence-electron chi connectivity index (χ3n) is 8.52. The van der Waals surface area contributed by atoms with Crippen LogP contribution in [-0.4, -0.2) is 15.9 Å². The van der Waals surface area contributed by atoms with Gasteiger partial charge in [-0.1, -0.05) is 115 Å². The predicted octanol–water partition coefficient (Wildman–Crippen LogP) is 11.9. The van der Waals surface area contributed by atoms with Crippen molar-refractivity contribution in [1.82, 2.24) is 4.98 Å². The Balaban J connectivity index is 0.000000267. The van der Waals surface area contributed by atoms with Crippen LogP contribution in [0.25, 0.3) is 54.3 Å². The largest absolute Gasteiger partial charge is 0.512 e. The van der Waals surface area contributed by atoms with E-state index in [1.807, 2.05) is 59.5 Å². The van der Waals surface area contributed by atoms with E-state index in [-0.39, 0.29) is 37.1 Å². The van der Waals surface area contributed by atoms with Gasteiger partial charge in [-0.05, 0) is 67.2 Å². The average Bonchev–Trinajstić information content (AvgIpc) is 2.99. The molecule has 5 aromatic carbocycles. The molecule has 1 aromatic heterocycles. The molecule has 0 aliphatic carbocycles. The van der Waals surface area contributed by atoms with E-state index in [0.29, 0.717) is 5.92 Å². The number of benzene rings is 5. The zero-order valence-electron chi connectivity index (χ0n) is 28.4. The molecule has 0 amide bonds. The molecule has 6 aromatic rings. The van der Waals surface area contributed by atoms with Crippen molar-refractivity contribution in [2.24, 2.45) is 16.7 Å². The van der Waals surface area contributed by atoms with Crippen molar-refractivity contribution in [2.45, 2.75) is 71.6 Å². The molecular weight excluding hydrogens is 775 g/mol. The van der Waals surface area contributed by atoms with Gasteiger partial charge >= 0.3 is 0 Å². The van der Waals surface area contributed by atoms with Crippen LogP contribution in [0, 0.1) is 22.8 Å². The van der Waals surface area contributed by atoms with Crippen molar-refractivity contribution in [3.8, 4) is 11.3 Å². The first-order valence-corrected chi connectivity index (χ1v) is 16.9. The monoisotopic (exact) mass is 817 g/mol. The molecule has 0 fully saturated rings. The van der Waals surface area contributed by atoms with Crippen LogP contribution < -0.4 is 0 Å². The molecule has 5 heteroatoms. The van der Waals surface area contributed by atoms with Gasteiger partial charge in [-0.2, -0.15) is 0 Å². The Hall–Kier alpha value is -3.50. The summed E-state index contributed by atoms with van der Waals surface area (Å²) in [4.78, 5) is 18.9. The van der Waals surface area contributed by atoms with E-state index < -0.39 is 5.41 Å². The topological polar surface area (TPSA) is 50.2 Å². The van der Waals surface area contributed by atoms with Crippen LogP contribution >= 0.6 is 11.8 Å². The van der Waals surface area contributed by atoms with Crippen molar-refractivity contribution in [2.75, 3.05) is 0 Å². The number of aromatic nitrogens is 1. The molecule has 1 N–H and O–H groups in total. The minimum Gasteiger partial charge on any atom is -0.512 e. The number of carbonyl (C=O) groups excluding carboxylic acids is 1. The van der Waals surface area contributed by atoms with E-state index in [1.165, 1.54) is 59.1 Å². The number of hydrogen-bond acceptors (Lipinski definition) is 4. The maximum Gasteiger partial charge on any atom is 0.164 e. The molecule has 1 aliphatic heterocycles. The number of pyridine rings is 1.